The highest BCUT2D eigenvalue weighted by atomic mass is 16.5. The van der Waals surface area contributed by atoms with E-state index in [1.54, 1.807) is 37.4 Å². The van der Waals surface area contributed by atoms with Crippen LogP contribution in [0.25, 0.3) is 0 Å². The molecule has 196 valence electrons. The molecule has 0 bridgehead atoms. The van der Waals surface area contributed by atoms with Gasteiger partial charge in [0.2, 0.25) is 0 Å². The SMILES string of the molecule is COCCN(CCCCc1ccc2c(n1)NCCC2)CCC(NC(=O)C(O)c1ccccc1)C(=O)O. The van der Waals surface area contributed by atoms with Crippen molar-refractivity contribution in [3.05, 3.63) is 59.3 Å². The number of carboxylic acid groups (broad SMARTS) is 1. The minimum atomic E-state index is -1.41. The summed E-state index contributed by atoms with van der Waals surface area (Å²) >= 11 is 0. The lowest BCUT2D eigenvalue weighted by molar-refractivity contribution is -0.143. The van der Waals surface area contributed by atoms with E-state index in [-0.39, 0.29) is 6.42 Å². The molecule has 36 heavy (non-hydrogen) atoms. The van der Waals surface area contributed by atoms with Crippen molar-refractivity contribution in [3.8, 4) is 0 Å². The number of ether oxygens (including phenoxy) is 1. The number of rotatable bonds is 15. The lowest BCUT2D eigenvalue weighted by Crippen LogP contribution is -2.45. The second kappa shape index (κ2) is 14.5. The standard InChI is InChI=1S/C27H38N4O5/c1-36-19-18-31(16-6-5-11-22-13-12-21-10-7-15-28-25(21)29-22)17-14-23(27(34)35)30-26(33)24(32)20-8-3-2-4-9-20/h2-4,8-9,12-13,23-24,32H,5-7,10-11,14-19H2,1H3,(H,28,29)(H,30,33)(H,34,35). The quantitative estimate of drug-likeness (QED) is 0.276. The molecule has 1 aliphatic heterocycles. The fourth-order valence-corrected chi connectivity index (χ4v) is 4.31. The summed E-state index contributed by atoms with van der Waals surface area (Å²) in [5.41, 5.74) is 2.79. The Morgan fingerprint density at radius 1 is 1.14 bits per heavy atom. The number of benzene rings is 1. The number of aromatic nitrogens is 1. The molecule has 0 fully saturated rings. The first-order valence-electron chi connectivity index (χ1n) is 12.7. The van der Waals surface area contributed by atoms with Crippen molar-refractivity contribution >= 4 is 17.7 Å². The molecule has 1 amide bonds. The van der Waals surface area contributed by atoms with E-state index in [9.17, 15) is 19.8 Å². The second-order valence-electron chi connectivity index (χ2n) is 9.13. The van der Waals surface area contributed by atoms with Gasteiger partial charge in [0.1, 0.15) is 11.9 Å². The minimum Gasteiger partial charge on any atom is -0.480 e. The molecule has 2 heterocycles. The van der Waals surface area contributed by atoms with Crippen molar-refractivity contribution < 1.29 is 24.5 Å². The maximum atomic E-state index is 12.4. The number of pyridine rings is 1. The van der Waals surface area contributed by atoms with Crippen LogP contribution >= 0.6 is 0 Å². The van der Waals surface area contributed by atoms with Crippen LogP contribution in [-0.4, -0.2) is 77.9 Å². The number of carbonyl (C=O) groups is 2. The average Bonchev–Trinajstić information content (AvgIpc) is 2.90. The lowest BCUT2D eigenvalue weighted by atomic mass is 10.1. The van der Waals surface area contributed by atoms with E-state index >= 15 is 0 Å². The van der Waals surface area contributed by atoms with Crippen molar-refractivity contribution in [1.29, 1.82) is 0 Å². The molecule has 0 saturated heterocycles. The van der Waals surface area contributed by atoms with Crippen LogP contribution in [0.15, 0.2) is 42.5 Å². The fourth-order valence-electron chi connectivity index (χ4n) is 4.31. The predicted molar refractivity (Wildman–Crippen MR) is 138 cm³/mol. The number of aliphatic hydroxyl groups is 1. The summed E-state index contributed by atoms with van der Waals surface area (Å²) < 4.78 is 5.22. The number of aliphatic carboxylic acids is 1. The molecule has 2 unspecified atom stereocenters. The summed E-state index contributed by atoms with van der Waals surface area (Å²) in [4.78, 5) is 31.1. The third kappa shape index (κ3) is 8.58. The molecule has 1 aliphatic rings. The highest BCUT2D eigenvalue weighted by molar-refractivity contribution is 5.86. The number of aliphatic hydroxyl groups excluding tert-OH is 1. The summed E-state index contributed by atoms with van der Waals surface area (Å²) in [5.74, 6) is -0.828. The molecule has 0 saturated carbocycles. The number of unbranched alkanes of at least 4 members (excludes halogenated alkanes) is 1. The molecular formula is C27H38N4O5. The number of aryl methyl sites for hydroxylation is 2. The number of methoxy groups -OCH3 is 1. The van der Waals surface area contributed by atoms with E-state index in [1.165, 1.54) is 5.56 Å². The minimum absolute atomic E-state index is 0.227. The number of nitrogens with one attached hydrogen (secondary N) is 2. The van der Waals surface area contributed by atoms with Crippen LogP contribution in [0.3, 0.4) is 0 Å². The van der Waals surface area contributed by atoms with Crippen LogP contribution in [0.1, 0.15) is 48.6 Å². The summed E-state index contributed by atoms with van der Waals surface area (Å²) in [6.45, 7) is 3.46. The van der Waals surface area contributed by atoms with Gasteiger partial charge in [-0.15, -0.1) is 0 Å². The Hall–Kier alpha value is -3.01. The van der Waals surface area contributed by atoms with Crippen molar-refractivity contribution in [3.63, 3.8) is 0 Å². The third-order valence-corrected chi connectivity index (χ3v) is 6.43. The van der Waals surface area contributed by atoms with Crippen molar-refractivity contribution in [1.82, 2.24) is 15.2 Å². The number of nitrogens with zero attached hydrogens (tertiary/aromatic N) is 2. The zero-order chi connectivity index (χ0) is 25.8. The monoisotopic (exact) mass is 498 g/mol. The van der Waals surface area contributed by atoms with Gasteiger partial charge < -0.3 is 30.5 Å². The van der Waals surface area contributed by atoms with Gasteiger partial charge in [0, 0.05) is 32.4 Å². The molecule has 3 rings (SSSR count). The van der Waals surface area contributed by atoms with E-state index in [0.29, 0.717) is 25.3 Å². The zero-order valence-electron chi connectivity index (χ0n) is 21.0. The van der Waals surface area contributed by atoms with Gasteiger partial charge in [-0.25, -0.2) is 9.78 Å². The molecule has 1 aromatic heterocycles. The Kier molecular flexibility index (Phi) is 11.1. The third-order valence-electron chi connectivity index (χ3n) is 6.43. The number of fused-ring (bicyclic) bond motifs is 1. The smallest absolute Gasteiger partial charge is 0.326 e. The Morgan fingerprint density at radius 3 is 2.69 bits per heavy atom. The Morgan fingerprint density at radius 2 is 1.94 bits per heavy atom. The van der Waals surface area contributed by atoms with Crippen LogP contribution in [0.4, 0.5) is 5.82 Å². The Balaban J connectivity index is 1.46. The van der Waals surface area contributed by atoms with Crippen LogP contribution < -0.4 is 10.6 Å². The molecule has 0 aliphatic carbocycles. The van der Waals surface area contributed by atoms with Crippen molar-refractivity contribution in [2.75, 3.05) is 45.2 Å². The molecular weight excluding hydrogens is 460 g/mol. The summed E-state index contributed by atoms with van der Waals surface area (Å²) in [6.07, 6.45) is 3.83. The van der Waals surface area contributed by atoms with Crippen molar-refractivity contribution in [2.24, 2.45) is 0 Å². The lowest BCUT2D eigenvalue weighted by Gasteiger charge is -2.24. The topological polar surface area (TPSA) is 124 Å². The van der Waals surface area contributed by atoms with E-state index in [4.69, 9.17) is 9.72 Å². The number of anilines is 1. The molecule has 1 aromatic carbocycles. The second-order valence-corrected chi connectivity index (χ2v) is 9.13. The van der Waals surface area contributed by atoms with Gasteiger partial charge in [-0.1, -0.05) is 36.4 Å². The van der Waals surface area contributed by atoms with Gasteiger partial charge in [-0.3, -0.25) is 4.79 Å². The first-order chi connectivity index (χ1) is 17.5. The van der Waals surface area contributed by atoms with Gasteiger partial charge in [0.15, 0.2) is 6.10 Å². The van der Waals surface area contributed by atoms with Gasteiger partial charge in [0.25, 0.3) is 5.91 Å². The predicted octanol–water partition coefficient (Wildman–Crippen LogP) is 2.40. The zero-order valence-corrected chi connectivity index (χ0v) is 21.0. The number of hydrogen-bond donors (Lipinski definition) is 4. The Labute approximate surface area is 212 Å². The largest absolute Gasteiger partial charge is 0.480 e. The summed E-state index contributed by atoms with van der Waals surface area (Å²) in [7, 11) is 1.64. The highest BCUT2D eigenvalue weighted by Crippen LogP contribution is 2.20. The number of hydrogen-bond acceptors (Lipinski definition) is 7. The summed E-state index contributed by atoms with van der Waals surface area (Å²) in [5, 5.41) is 25.8. The Bertz CT molecular complexity index is 972. The van der Waals surface area contributed by atoms with Gasteiger partial charge >= 0.3 is 5.97 Å². The van der Waals surface area contributed by atoms with Gasteiger partial charge in [-0.2, -0.15) is 0 Å². The van der Waals surface area contributed by atoms with Crippen LogP contribution in [-0.2, 0) is 27.2 Å². The molecule has 0 radical (unpaired) electrons. The fraction of sp³-hybridized carbons (Fsp3) is 0.519. The van der Waals surface area contributed by atoms with Crippen molar-refractivity contribution in [2.45, 2.75) is 50.7 Å². The average molecular weight is 499 g/mol. The van der Waals surface area contributed by atoms with E-state index in [1.807, 2.05) is 0 Å². The van der Waals surface area contributed by atoms with Crippen LogP contribution in [0.2, 0.25) is 0 Å². The van der Waals surface area contributed by atoms with Crippen LogP contribution in [0.5, 0.6) is 0 Å². The van der Waals surface area contributed by atoms with E-state index in [2.05, 4.69) is 27.7 Å². The molecule has 9 heteroatoms. The maximum Gasteiger partial charge on any atom is 0.326 e. The number of carboxylic acids is 1. The molecule has 2 atom stereocenters. The maximum absolute atomic E-state index is 12.4. The first-order valence-corrected chi connectivity index (χ1v) is 12.7. The molecule has 9 nitrogen and oxygen atoms in total. The first kappa shape index (κ1) is 27.6. The van der Waals surface area contributed by atoms with E-state index in [0.717, 1.165) is 56.7 Å². The van der Waals surface area contributed by atoms with Gasteiger partial charge in [-0.05, 0) is 62.3 Å². The van der Waals surface area contributed by atoms with E-state index < -0.39 is 24.0 Å². The molecule has 4 N–H and O–H groups in total. The van der Waals surface area contributed by atoms with Crippen LogP contribution in [0, 0.1) is 0 Å². The molecule has 0 spiro atoms. The van der Waals surface area contributed by atoms with Gasteiger partial charge in [0.05, 0.1) is 6.61 Å². The summed E-state index contributed by atoms with van der Waals surface area (Å²) in [6, 6.07) is 11.7. The number of carbonyl (C=O) groups excluding carboxylic acids is 1. The molecule has 2 aromatic rings. The normalized spacial score (nSPS) is 14.5. The highest BCUT2D eigenvalue weighted by Gasteiger charge is 2.25. The number of amides is 1.